The molecule has 1 N–H and O–H groups in total. The van der Waals surface area contributed by atoms with E-state index in [0.717, 1.165) is 17.5 Å². The Morgan fingerprint density at radius 2 is 1.64 bits per heavy atom. The van der Waals surface area contributed by atoms with Gasteiger partial charge in [0.1, 0.15) is 0 Å². The number of benzene rings is 2. The van der Waals surface area contributed by atoms with E-state index in [4.69, 9.17) is 0 Å². The lowest BCUT2D eigenvalue weighted by molar-refractivity contribution is -0.119. The summed E-state index contributed by atoms with van der Waals surface area (Å²) in [5, 5.41) is 2.76. The molecule has 0 radical (unpaired) electrons. The minimum absolute atomic E-state index is 0.0317. The lowest BCUT2D eigenvalue weighted by atomic mass is 10.1. The van der Waals surface area contributed by atoms with Crippen LogP contribution in [0.25, 0.3) is 0 Å². The van der Waals surface area contributed by atoms with Crippen molar-refractivity contribution in [2.75, 3.05) is 0 Å². The summed E-state index contributed by atoms with van der Waals surface area (Å²) >= 11 is 0. The molecule has 4 nitrogen and oxygen atoms in total. The molecule has 2 aromatic carbocycles. The Morgan fingerprint density at radius 3 is 2.20 bits per heavy atom. The first-order valence-electron chi connectivity index (χ1n) is 8.69. The summed E-state index contributed by atoms with van der Waals surface area (Å²) in [7, 11) is 0. The first-order valence-corrected chi connectivity index (χ1v) is 8.69. The largest absolute Gasteiger partial charge is 0.352 e. The molecule has 0 aromatic heterocycles. The molecule has 25 heavy (non-hydrogen) atoms. The van der Waals surface area contributed by atoms with E-state index in [9.17, 15) is 9.59 Å². The zero-order valence-electron chi connectivity index (χ0n) is 15.2. The van der Waals surface area contributed by atoms with Crippen molar-refractivity contribution in [2.24, 2.45) is 0 Å². The highest BCUT2D eigenvalue weighted by molar-refractivity contribution is 5.94. The standard InChI is InChI=1S/C21H26N2O2/c1-4-16(2)23(15-19-8-6-5-7-9-19)21(25)20-12-10-18(11-13-20)14-22-17(3)24/h5-13,16H,4,14-15H2,1-3H3,(H,22,24). The van der Waals surface area contributed by atoms with Gasteiger partial charge in [-0.05, 0) is 36.6 Å². The number of hydrogen-bond donors (Lipinski definition) is 1. The number of amides is 2. The van der Waals surface area contributed by atoms with Gasteiger partial charge in [-0.25, -0.2) is 0 Å². The summed E-state index contributed by atoms with van der Waals surface area (Å²) in [5.41, 5.74) is 2.77. The lowest BCUT2D eigenvalue weighted by Crippen LogP contribution is -2.37. The highest BCUT2D eigenvalue weighted by Gasteiger charge is 2.20. The maximum Gasteiger partial charge on any atom is 0.254 e. The van der Waals surface area contributed by atoms with Crippen LogP contribution >= 0.6 is 0 Å². The van der Waals surface area contributed by atoms with Crippen molar-refractivity contribution in [1.82, 2.24) is 10.2 Å². The average Bonchev–Trinajstić information content (AvgIpc) is 2.64. The van der Waals surface area contributed by atoms with E-state index in [0.29, 0.717) is 18.7 Å². The Hall–Kier alpha value is -2.62. The van der Waals surface area contributed by atoms with Crippen molar-refractivity contribution < 1.29 is 9.59 Å². The number of nitrogens with one attached hydrogen (secondary N) is 1. The molecule has 1 unspecified atom stereocenters. The fraction of sp³-hybridized carbons (Fsp3) is 0.333. The Balaban J connectivity index is 2.14. The number of carbonyl (C=O) groups excluding carboxylic acids is 2. The third kappa shape index (κ3) is 5.45. The van der Waals surface area contributed by atoms with Crippen molar-refractivity contribution >= 4 is 11.8 Å². The molecule has 2 rings (SSSR count). The van der Waals surface area contributed by atoms with Gasteiger partial charge in [0.25, 0.3) is 5.91 Å². The maximum absolute atomic E-state index is 13.0. The van der Waals surface area contributed by atoms with E-state index in [1.165, 1.54) is 6.92 Å². The first-order chi connectivity index (χ1) is 12.0. The Kier molecular flexibility index (Phi) is 6.75. The monoisotopic (exact) mass is 338 g/mol. The number of nitrogens with zero attached hydrogens (tertiary/aromatic N) is 1. The van der Waals surface area contributed by atoms with Crippen molar-refractivity contribution in [1.29, 1.82) is 0 Å². The molecule has 0 bridgehead atoms. The Morgan fingerprint density at radius 1 is 1.00 bits per heavy atom. The van der Waals surface area contributed by atoms with Gasteiger partial charge in [-0.3, -0.25) is 9.59 Å². The SMILES string of the molecule is CCC(C)N(Cc1ccccc1)C(=O)c1ccc(CNC(C)=O)cc1. The van der Waals surface area contributed by atoms with Gasteiger partial charge in [-0.15, -0.1) is 0 Å². The van der Waals surface area contributed by atoms with Crippen LogP contribution in [0.2, 0.25) is 0 Å². The fourth-order valence-electron chi connectivity index (χ4n) is 2.59. The minimum Gasteiger partial charge on any atom is -0.352 e. The third-order valence-corrected chi connectivity index (χ3v) is 4.32. The predicted octanol–water partition coefficient (Wildman–Crippen LogP) is 3.76. The summed E-state index contributed by atoms with van der Waals surface area (Å²) in [6, 6.07) is 17.6. The molecule has 4 heteroatoms. The van der Waals surface area contributed by atoms with Crippen molar-refractivity contribution in [3.05, 3.63) is 71.3 Å². The van der Waals surface area contributed by atoms with Gasteiger partial charge in [0.15, 0.2) is 0 Å². The summed E-state index contributed by atoms with van der Waals surface area (Å²) in [5.74, 6) is -0.0322. The second kappa shape index (κ2) is 9.02. The van der Waals surface area contributed by atoms with Crippen LogP contribution in [0.15, 0.2) is 54.6 Å². The zero-order valence-corrected chi connectivity index (χ0v) is 15.2. The van der Waals surface area contributed by atoms with E-state index in [1.807, 2.05) is 59.5 Å². The van der Waals surface area contributed by atoms with E-state index >= 15 is 0 Å². The minimum atomic E-state index is -0.0639. The third-order valence-electron chi connectivity index (χ3n) is 4.32. The number of carbonyl (C=O) groups is 2. The van der Waals surface area contributed by atoms with Crippen LogP contribution in [0.3, 0.4) is 0 Å². The molecule has 0 saturated carbocycles. The van der Waals surface area contributed by atoms with E-state index in [1.54, 1.807) is 0 Å². The van der Waals surface area contributed by atoms with Crippen LogP contribution in [-0.4, -0.2) is 22.8 Å². The molecule has 0 aliphatic heterocycles. The highest BCUT2D eigenvalue weighted by atomic mass is 16.2. The molecule has 0 fully saturated rings. The maximum atomic E-state index is 13.0. The van der Waals surface area contributed by atoms with Crippen molar-refractivity contribution in [3.63, 3.8) is 0 Å². The Bertz CT molecular complexity index is 696. The van der Waals surface area contributed by atoms with Gasteiger partial charge in [0.2, 0.25) is 5.91 Å². The quantitative estimate of drug-likeness (QED) is 0.835. The molecule has 1 atom stereocenters. The van der Waals surface area contributed by atoms with Crippen LogP contribution in [-0.2, 0) is 17.9 Å². The smallest absolute Gasteiger partial charge is 0.254 e. The average molecular weight is 338 g/mol. The number of hydrogen-bond acceptors (Lipinski definition) is 2. The number of rotatable bonds is 7. The van der Waals surface area contributed by atoms with Gasteiger partial charge in [-0.1, -0.05) is 49.4 Å². The second-order valence-electron chi connectivity index (χ2n) is 6.28. The first kappa shape index (κ1) is 18.7. The van der Waals surface area contributed by atoms with Crippen LogP contribution in [0.5, 0.6) is 0 Å². The van der Waals surface area contributed by atoms with Gasteiger partial charge in [0.05, 0.1) is 0 Å². The topological polar surface area (TPSA) is 49.4 Å². The van der Waals surface area contributed by atoms with Crippen molar-refractivity contribution in [2.45, 2.75) is 46.3 Å². The molecule has 0 spiro atoms. The van der Waals surface area contributed by atoms with E-state index < -0.39 is 0 Å². The molecular formula is C21H26N2O2. The van der Waals surface area contributed by atoms with E-state index in [-0.39, 0.29) is 17.9 Å². The van der Waals surface area contributed by atoms with Gasteiger partial charge in [-0.2, -0.15) is 0 Å². The molecular weight excluding hydrogens is 312 g/mol. The molecule has 0 heterocycles. The van der Waals surface area contributed by atoms with Gasteiger partial charge < -0.3 is 10.2 Å². The van der Waals surface area contributed by atoms with Gasteiger partial charge in [0, 0.05) is 31.6 Å². The van der Waals surface area contributed by atoms with Crippen LogP contribution in [0, 0.1) is 0 Å². The van der Waals surface area contributed by atoms with Crippen LogP contribution < -0.4 is 5.32 Å². The molecule has 2 amide bonds. The van der Waals surface area contributed by atoms with E-state index in [2.05, 4.69) is 19.2 Å². The lowest BCUT2D eigenvalue weighted by Gasteiger charge is -2.29. The summed E-state index contributed by atoms with van der Waals surface area (Å²) in [6.07, 6.45) is 0.902. The second-order valence-corrected chi connectivity index (χ2v) is 6.28. The predicted molar refractivity (Wildman–Crippen MR) is 100 cm³/mol. The van der Waals surface area contributed by atoms with Crippen LogP contribution in [0.4, 0.5) is 0 Å². The molecule has 0 saturated heterocycles. The van der Waals surface area contributed by atoms with Crippen molar-refractivity contribution in [3.8, 4) is 0 Å². The fourth-order valence-corrected chi connectivity index (χ4v) is 2.59. The summed E-state index contributed by atoms with van der Waals surface area (Å²) < 4.78 is 0. The summed E-state index contributed by atoms with van der Waals surface area (Å²) in [6.45, 7) is 6.73. The zero-order chi connectivity index (χ0) is 18.2. The Labute approximate surface area is 149 Å². The molecule has 2 aromatic rings. The van der Waals surface area contributed by atoms with Crippen LogP contribution in [0.1, 0.15) is 48.7 Å². The molecule has 0 aliphatic carbocycles. The highest BCUT2D eigenvalue weighted by Crippen LogP contribution is 2.16. The van der Waals surface area contributed by atoms with Gasteiger partial charge >= 0.3 is 0 Å². The molecule has 0 aliphatic rings. The normalized spacial score (nSPS) is 11.6. The molecule has 132 valence electrons. The summed E-state index contributed by atoms with van der Waals surface area (Å²) in [4.78, 5) is 25.9.